The summed E-state index contributed by atoms with van der Waals surface area (Å²) >= 11 is 0. The molecule has 0 aliphatic carbocycles. The predicted molar refractivity (Wildman–Crippen MR) is 119 cm³/mol. The van der Waals surface area contributed by atoms with Crippen LogP contribution in [0.1, 0.15) is 24.2 Å². The lowest BCUT2D eigenvalue weighted by molar-refractivity contribution is -0.00805. The molecular weight excluding hydrogens is 411 g/mol. The van der Waals surface area contributed by atoms with Crippen LogP contribution < -0.4 is 10.1 Å². The monoisotopic (exact) mass is 438 g/mol. The summed E-state index contributed by atoms with van der Waals surface area (Å²) in [4.78, 5) is 11.3. The van der Waals surface area contributed by atoms with E-state index in [1.807, 2.05) is 25.5 Å². The third kappa shape index (κ3) is 5.61. The van der Waals surface area contributed by atoms with E-state index in [0.29, 0.717) is 31.3 Å². The second-order valence-electron chi connectivity index (χ2n) is 7.49. The Balaban J connectivity index is 1.40. The lowest BCUT2D eigenvalue weighted by atomic mass is 10.1. The molecule has 32 heavy (non-hydrogen) atoms. The largest absolute Gasteiger partial charge is 0.439 e. The minimum Gasteiger partial charge on any atom is -0.439 e. The van der Waals surface area contributed by atoms with Gasteiger partial charge in [0.05, 0.1) is 25.9 Å². The third-order valence-electron chi connectivity index (χ3n) is 5.03. The summed E-state index contributed by atoms with van der Waals surface area (Å²) in [6.45, 7) is 5.39. The Hall–Kier alpha value is -3.46. The molecule has 3 aromatic rings. The number of pyridine rings is 1. The standard InChI is InChI=1S/C23H27FN6O2/c1-3-25-23(30-9-10-31-21(16-30)18-14-28-29(2)15-18)27-13-17-7-8-22(26-12-17)32-20-6-4-5-19(24)11-20/h4-8,11-12,14-15,21H,3,9-10,13,16H2,1-2H3,(H,25,27). The van der Waals surface area contributed by atoms with E-state index in [9.17, 15) is 4.39 Å². The molecule has 168 valence electrons. The number of aryl methyl sites for hydroxylation is 1. The van der Waals surface area contributed by atoms with Crippen LogP contribution in [0.4, 0.5) is 4.39 Å². The van der Waals surface area contributed by atoms with E-state index < -0.39 is 0 Å². The first-order valence-corrected chi connectivity index (χ1v) is 10.6. The van der Waals surface area contributed by atoms with Crippen LogP contribution in [-0.4, -0.2) is 51.9 Å². The predicted octanol–water partition coefficient (Wildman–Crippen LogP) is 3.29. The van der Waals surface area contributed by atoms with Crippen molar-refractivity contribution >= 4 is 5.96 Å². The van der Waals surface area contributed by atoms with Crippen molar-refractivity contribution in [3.63, 3.8) is 0 Å². The van der Waals surface area contributed by atoms with Crippen LogP contribution in [0.5, 0.6) is 11.6 Å². The Bertz CT molecular complexity index is 1050. The lowest BCUT2D eigenvalue weighted by Crippen LogP contribution is -2.48. The van der Waals surface area contributed by atoms with Gasteiger partial charge in [-0.15, -0.1) is 0 Å². The van der Waals surface area contributed by atoms with Crippen LogP contribution in [0.15, 0.2) is 60.0 Å². The number of aromatic nitrogens is 3. The number of benzene rings is 1. The number of halogens is 1. The van der Waals surface area contributed by atoms with Crippen molar-refractivity contribution in [3.05, 3.63) is 71.9 Å². The maximum absolute atomic E-state index is 13.3. The molecule has 3 heterocycles. The van der Waals surface area contributed by atoms with E-state index in [1.165, 1.54) is 12.1 Å². The molecule has 2 aromatic heterocycles. The smallest absolute Gasteiger partial charge is 0.219 e. The summed E-state index contributed by atoms with van der Waals surface area (Å²) in [7, 11) is 1.90. The van der Waals surface area contributed by atoms with Crippen molar-refractivity contribution < 1.29 is 13.9 Å². The first-order chi connectivity index (χ1) is 15.6. The molecule has 1 N–H and O–H groups in total. The number of aliphatic imine (C=N–C) groups is 1. The average molecular weight is 439 g/mol. The van der Waals surface area contributed by atoms with E-state index in [-0.39, 0.29) is 11.9 Å². The van der Waals surface area contributed by atoms with Crippen LogP contribution in [0.3, 0.4) is 0 Å². The van der Waals surface area contributed by atoms with Gasteiger partial charge in [-0.3, -0.25) is 4.68 Å². The normalized spacial score (nSPS) is 16.8. The van der Waals surface area contributed by atoms with E-state index in [2.05, 4.69) is 27.2 Å². The molecule has 0 amide bonds. The molecule has 1 aliphatic rings. The van der Waals surface area contributed by atoms with Gasteiger partial charge in [0.2, 0.25) is 5.88 Å². The zero-order valence-corrected chi connectivity index (χ0v) is 18.2. The van der Waals surface area contributed by atoms with E-state index >= 15 is 0 Å². The zero-order valence-electron chi connectivity index (χ0n) is 18.2. The van der Waals surface area contributed by atoms with Crippen molar-refractivity contribution in [2.24, 2.45) is 12.0 Å². The molecular formula is C23H27FN6O2. The van der Waals surface area contributed by atoms with Crippen LogP contribution in [0.2, 0.25) is 0 Å². The van der Waals surface area contributed by atoms with E-state index in [4.69, 9.17) is 14.5 Å². The number of hydrogen-bond acceptors (Lipinski definition) is 5. The summed E-state index contributed by atoms with van der Waals surface area (Å²) in [6, 6.07) is 9.65. The van der Waals surface area contributed by atoms with Gasteiger partial charge in [0.25, 0.3) is 0 Å². The fraction of sp³-hybridized carbons (Fsp3) is 0.348. The van der Waals surface area contributed by atoms with Gasteiger partial charge in [-0.25, -0.2) is 14.4 Å². The SMILES string of the molecule is CCNC(=NCc1ccc(Oc2cccc(F)c2)nc1)N1CCOC(c2cnn(C)c2)C1. The number of rotatable bonds is 6. The molecule has 1 saturated heterocycles. The Kier molecular flexibility index (Phi) is 6.96. The number of ether oxygens (including phenoxy) is 2. The Morgan fingerprint density at radius 3 is 2.94 bits per heavy atom. The van der Waals surface area contributed by atoms with Gasteiger partial charge in [0.1, 0.15) is 17.7 Å². The molecule has 0 radical (unpaired) electrons. The van der Waals surface area contributed by atoms with Crippen molar-refractivity contribution in [1.29, 1.82) is 0 Å². The van der Waals surface area contributed by atoms with E-state index in [1.54, 1.807) is 29.1 Å². The van der Waals surface area contributed by atoms with E-state index in [0.717, 1.165) is 30.2 Å². The summed E-state index contributed by atoms with van der Waals surface area (Å²) in [5.41, 5.74) is 2.01. The molecule has 0 spiro atoms. The number of hydrogen-bond donors (Lipinski definition) is 1. The molecule has 1 fully saturated rings. The van der Waals surface area contributed by atoms with Gasteiger partial charge in [-0.05, 0) is 24.6 Å². The second-order valence-corrected chi connectivity index (χ2v) is 7.49. The highest BCUT2D eigenvalue weighted by atomic mass is 19.1. The first-order valence-electron chi connectivity index (χ1n) is 10.6. The van der Waals surface area contributed by atoms with Gasteiger partial charge in [0.15, 0.2) is 5.96 Å². The number of nitrogens with zero attached hydrogens (tertiary/aromatic N) is 5. The highest BCUT2D eigenvalue weighted by molar-refractivity contribution is 5.80. The van der Waals surface area contributed by atoms with Crippen molar-refractivity contribution in [1.82, 2.24) is 25.0 Å². The number of guanidine groups is 1. The summed E-state index contributed by atoms with van der Waals surface area (Å²) in [5.74, 6) is 1.30. The van der Waals surface area contributed by atoms with Crippen LogP contribution in [0.25, 0.3) is 0 Å². The molecule has 8 nitrogen and oxygen atoms in total. The van der Waals surface area contributed by atoms with Gasteiger partial charge in [-0.2, -0.15) is 5.10 Å². The summed E-state index contributed by atoms with van der Waals surface area (Å²) in [6.07, 6.45) is 5.51. The van der Waals surface area contributed by atoms with Gasteiger partial charge in [0, 0.05) is 50.2 Å². The Morgan fingerprint density at radius 1 is 1.31 bits per heavy atom. The zero-order chi connectivity index (χ0) is 22.3. The van der Waals surface area contributed by atoms with Crippen molar-refractivity contribution in [3.8, 4) is 11.6 Å². The number of nitrogens with one attached hydrogen (secondary N) is 1. The van der Waals surface area contributed by atoms with Gasteiger partial charge in [-0.1, -0.05) is 12.1 Å². The Labute approximate surface area is 186 Å². The number of morpholine rings is 1. The highest BCUT2D eigenvalue weighted by Gasteiger charge is 2.25. The van der Waals surface area contributed by atoms with Crippen LogP contribution in [0, 0.1) is 5.82 Å². The first kappa shape index (κ1) is 21.8. The molecule has 1 aromatic carbocycles. The molecule has 0 saturated carbocycles. The molecule has 1 aliphatic heterocycles. The molecule has 9 heteroatoms. The third-order valence-corrected chi connectivity index (χ3v) is 5.03. The molecule has 4 rings (SSSR count). The Morgan fingerprint density at radius 2 is 2.22 bits per heavy atom. The fourth-order valence-corrected chi connectivity index (χ4v) is 3.46. The van der Waals surface area contributed by atoms with Gasteiger partial charge < -0.3 is 19.7 Å². The maximum Gasteiger partial charge on any atom is 0.219 e. The minimum atomic E-state index is -0.349. The molecule has 0 bridgehead atoms. The molecule has 1 unspecified atom stereocenters. The fourth-order valence-electron chi connectivity index (χ4n) is 3.46. The lowest BCUT2D eigenvalue weighted by Gasteiger charge is -2.34. The van der Waals surface area contributed by atoms with Gasteiger partial charge >= 0.3 is 0 Å². The van der Waals surface area contributed by atoms with Crippen LogP contribution in [-0.2, 0) is 18.3 Å². The second kappa shape index (κ2) is 10.2. The van der Waals surface area contributed by atoms with Crippen LogP contribution >= 0.6 is 0 Å². The quantitative estimate of drug-likeness (QED) is 0.470. The summed E-state index contributed by atoms with van der Waals surface area (Å²) < 4.78 is 26.6. The average Bonchev–Trinajstić information content (AvgIpc) is 3.24. The van der Waals surface area contributed by atoms with Crippen molar-refractivity contribution in [2.75, 3.05) is 26.2 Å². The summed E-state index contributed by atoms with van der Waals surface area (Å²) in [5, 5.41) is 7.62. The highest BCUT2D eigenvalue weighted by Crippen LogP contribution is 2.22. The maximum atomic E-state index is 13.3. The minimum absolute atomic E-state index is 0.0396. The van der Waals surface area contributed by atoms with Crippen molar-refractivity contribution in [2.45, 2.75) is 19.6 Å². The molecule has 1 atom stereocenters. The topological polar surface area (TPSA) is 76.8 Å².